The summed E-state index contributed by atoms with van der Waals surface area (Å²) in [6.07, 6.45) is 2.40. The van der Waals surface area contributed by atoms with E-state index in [1.807, 2.05) is 0 Å². The van der Waals surface area contributed by atoms with Gasteiger partial charge in [-0.3, -0.25) is 14.4 Å². The monoisotopic (exact) mass is 254 g/mol. The lowest BCUT2D eigenvalue weighted by Crippen LogP contribution is -2.40. The van der Waals surface area contributed by atoms with Gasteiger partial charge in [-0.15, -0.1) is 0 Å². The van der Waals surface area contributed by atoms with Crippen LogP contribution >= 0.6 is 0 Å². The third-order valence-corrected chi connectivity index (χ3v) is 3.84. The number of hydrogen-bond donors (Lipinski definition) is 2. The van der Waals surface area contributed by atoms with Gasteiger partial charge >= 0.3 is 5.97 Å². The van der Waals surface area contributed by atoms with E-state index >= 15 is 0 Å². The van der Waals surface area contributed by atoms with Crippen LogP contribution in [-0.2, 0) is 14.4 Å². The molecule has 0 bridgehead atoms. The van der Waals surface area contributed by atoms with Gasteiger partial charge in [0.15, 0.2) is 0 Å². The smallest absolute Gasteiger partial charge is 0.307 e. The second-order valence-electron chi connectivity index (χ2n) is 5.23. The van der Waals surface area contributed by atoms with Crippen molar-refractivity contribution in [2.45, 2.75) is 25.7 Å². The standard InChI is InChI=1S/C12H18N2O4/c13-10(15)5-7-1-3-14(4-2-7)11(16)8-6-9(8)12(17)18/h7-9H,1-6H2,(H2,13,15)(H,17,18)/t8-,9+/m1/s1. The molecule has 6 heteroatoms. The fourth-order valence-electron chi connectivity index (χ4n) is 2.62. The largest absolute Gasteiger partial charge is 0.481 e. The van der Waals surface area contributed by atoms with Gasteiger partial charge in [0.2, 0.25) is 11.8 Å². The van der Waals surface area contributed by atoms with Crippen LogP contribution in [0, 0.1) is 17.8 Å². The number of amides is 2. The second-order valence-corrected chi connectivity index (χ2v) is 5.23. The molecule has 1 heterocycles. The minimum absolute atomic E-state index is 0.0417. The van der Waals surface area contributed by atoms with E-state index in [9.17, 15) is 14.4 Å². The number of aliphatic carboxylic acids is 1. The summed E-state index contributed by atoms with van der Waals surface area (Å²) in [6, 6.07) is 0. The van der Waals surface area contributed by atoms with Crippen LogP contribution in [-0.4, -0.2) is 40.9 Å². The first-order valence-electron chi connectivity index (χ1n) is 6.29. The van der Waals surface area contributed by atoms with Gasteiger partial charge in [0.25, 0.3) is 0 Å². The summed E-state index contributed by atoms with van der Waals surface area (Å²) in [5.74, 6) is -1.76. The van der Waals surface area contributed by atoms with Crippen LogP contribution in [0.1, 0.15) is 25.7 Å². The molecular formula is C12H18N2O4. The van der Waals surface area contributed by atoms with Crippen LogP contribution in [0.25, 0.3) is 0 Å². The fraction of sp³-hybridized carbons (Fsp3) is 0.750. The lowest BCUT2D eigenvalue weighted by atomic mass is 9.93. The number of carboxylic acids is 1. The van der Waals surface area contributed by atoms with Gasteiger partial charge < -0.3 is 15.7 Å². The highest BCUT2D eigenvalue weighted by molar-refractivity contribution is 5.89. The number of rotatable bonds is 4. The lowest BCUT2D eigenvalue weighted by Gasteiger charge is -2.31. The Morgan fingerprint density at radius 1 is 1.17 bits per heavy atom. The van der Waals surface area contributed by atoms with E-state index in [2.05, 4.69) is 0 Å². The number of carbonyl (C=O) groups excluding carboxylic acids is 2. The van der Waals surface area contributed by atoms with E-state index < -0.39 is 11.9 Å². The van der Waals surface area contributed by atoms with Crippen molar-refractivity contribution in [3.05, 3.63) is 0 Å². The van der Waals surface area contributed by atoms with Crippen LogP contribution in [0.2, 0.25) is 0 Å². The highest BCUT2D eigenvalue weighted by Crippen LogP contribution is 2.40. The minimum atomic E-state index is -0.878. The van der Waals surface area contributed by atoms with Crippen molar-refractivity contribution < 1.29 is 19.5 Å². The highest BCUT2D eigenvalue weighted by atomic mass is 16.4. The Labute approximate surface area is 105 Å². The number of nitrogens with two attached hydrogens (primary N) is 1. The summed E-state index contributed by atoms with van der Waals surface area (Å²) in [6.45, 7) is 1.22. The molecule has 18 heavy (non-hydrogen) atoms. The topological polar surface area (TPSA) is 101 Å². The molecule has 0 radical (unpaired) electrons. The molecule has 2 aliphatic rings. The maximum absolute atomic E-state index is 12.0. The Morgan fingerprint density at radius 3 is 2.22 bits per heavy atom. The zero-order valence-electron chi connectivity index (χ0n) is 10.2. The molecule has 2 fully saturated rings. The summed E-state index contributed by atoms with van der Waals surface area (Å²) in [5, 5.41) is 8.79. The normalized spacial score (nSPS) is 27.9. The molecule has 1 saturated carbocycles. The van der Waals surface area contributed by atoms with E-state index in [4.69, 9.17) is 10.8 Å². The minimum Gasteiger partial charge on any atom is -0.481 e. The van der Waals surface area contributed by atoms with E-state index in [1.54, 1.807) is 4.90 Å². The lowest BCUT2D eigenvalue weighted by molar-refractivity contribution is -0.142. The molecular weight excluding hydrogens is 236 g/mol. The van der Waals surface area contributed by atoms with Crippen molar-refractivity contribution in [1.29, 1.82) is 0 Å². The van der Waals surface area contributed by atoms with Crippen molar-refractivity contribution >= 4 is 17.8 Å². The predicted molar refractivity (Wildman–Crippen MR) is 62.3 cm³/mol. The number of primary amides is 1. The van der Waals surface area contributed by atoms with Gasteiger partial charge in [0.1, 0.15) is 0 Å². The molecule has 2 amide bonds. The summed E-state index contributed by atoms with van der Waals surface area (Å²) >= 11 is 0. The van der Waals surface area contributed by atoms with Crippen LogP contribution in [0.5, 0.6) is 0 Å². The van der Waals surface area contributed by atoms with Gasteiger partial charge in [0.05, 0.1) is 11.8 Å². The van der Waals surface area contributed by atoms with Crippen molar-refractivity contribution in [2.75, 3.05) is 13.1 Å². The first-order chi connectivity index (χ1) is 8.49. The average Bonchev–Trinajstić information content (AvgIpc) is 3.08. The highest BCUT2D eigenvalue weighted by Gasteiger charge is 2.50. The zero-order chi connectivity index (χ0) is 13.3. The van der Waals surface area contributed by atoms with Crippen LogP contribution < -0.4 is 5.73 Å². The van der Waals surface area contributed by atoms with Crippen molar-refractivity contribution in [3.8, 4) is 0 Å². The molecule has 0 unspecified atom stereocenters. The number of likely N-dealkylation sites (tertiary alicyclic amines) is 1. The molecule has 3 N–H and O–H groups in total. The van der Waals surface area contributed by atoms with E-state index in [1.165, 1.54) is 0 Å². The number of carbonyl (C=O) groups is 3. The molecule has 100 valence electrons. The molecule has 0 aromatic heterocycles. The third-order valence-electron chi connectivity index (χ3n) is 3.84. The van der Waals surface area contributed by atoms with Gasteiger partial charge in [-0.05, 0) is 25.2 Å². The third kappa shape index (κ3) is 2.80. The molecule has 0 aromatic rings. The Kier molecular flexibility index (Phi) is 3.54. The van der Waals surface area contributed by atoms with Crippen molar-refractivity contribution in [1.82, 2.24) is 4.90 Å². The second kappa shape index (κ2) is 4.96. The summed E-state index contributed by atoms with van der Waals surface area (Å²) < 4.78 is 0. The number of hydrogen-bond acceptors (Lipinski definition) is 3. The zero-order valence-corrected chi connectivity index (χ0v) is 10.2. The molecule has 1 aliphatic heterocycles. The number of carboxylic acid groups (broad SMARTS) is 1. The molecule has 2 rings (SSSR count). The molecule has 1 aliphatic carbocycles. The van der Waals surface area contributed by atoms with E-state index in [0.717, 1.165) is 12.8 Å². The summed E-state index contributed by atoms with van der Waals surface area (Å²) in [4.78, 5) is 35.2. The van der Waals surface area contributed by atoms with E-state index in [0.29, 0.717) is 25.9 Å². The van der Waals surface area contributed by atoms with Gasteiger partial charge in [-0.2, -0.15) is 0 Å². The average molecular weight is 254 g/mol. The van der Waals surface area contributed by atoms with Gasteiger partial charge in [-0.1, -0.05) is 0 Å². The quantitative estimate of drug-likeness (QED) is 0.726. The maximum Gasteiger partial charge on any atom is 0.307 e. The first-order valence-corrected chi connectivity index (χ1v) is 6.29. The predicted octanol–water partition coefficient (Wildman–Crippen LogP) is -0.179. The van der Waals surface area contributed by atoms with Crippen molar-refractivity contribution in [2.24, 2.45) is 23.5 Å². The van der Waals surface area contributed by atoms with Crippen LogP contribution in [0.4, 0.5) is 0 Å². The SMILES string of the molecule is NC(=O)CC1CCN(C(=O)[C@@H]2C[C@@H]2C(=O)O)CC1. The first kappa shape index (κ1) is 12.9. The van der Waals surface area contributed by atoms with Crippen LogP contribution in [0.3, 0.4) is 0 Å². The van der Waals surface area contributed by atoms with Crippen LogP contribution in [0.15, 0.2) is 0 Å². The maximum atomic E-state index is 12.0. The Balaban J connectivity index is 1.78. The van der Waals surface area contributed by atoms with Gasteiger partial charge in [-0.25, -0.2) is 0 Å². The number of piperidine rings is 1. The van der Waals surface area contributed by atoms with Gasteiger partial charge in [0, 0.05) is 19.5 Å². The molecule has 1 saturated heterocycles. The Bertz CT molecular complexity index is 374. The summed E-state index contributed by atoms with van der Waals surface area (Å²) in [7, 11) is 0. The molecule has 6 nitrogen and oxygen atoms in total. The van der Waals surface area contributed by atoms with E-state index in [-0.39, 0.29) is 23.7 Å². The molecule has 0 spiro atoms. The number of nitrogens with zero attached hydrogens (tertiary/aromatic N) is 1. The molecule has 0 aromatic carbocycles. The molecule has 2 atom stereocenters. The Hall–Kier alpha value is -1.59. The van der Waals surface area contributed by atoms with Crippen molar-refractivity contribution in [3.63, 3.8) is 0 Å². The Morgan fingerprint density at radius 2 is 1.78 bits per heavy atom. The fourth-order valence-corrected chi connectivity index (χ4v) is 2.62. The summed E-state index contributed by atoms with van der Waals surface area (Å²) in [5.41, 5.74) is 5.14.